The van der Waals surface area contributed by atoms with Crippen molar-refractivity contribution in [3.05, 3.63) is 65.0 Å². The van der Waals surface area contributed by atoms with Gasteiger partial charge in [0.2, 0.25) is 0 Å². The van der Waals surface area contributed by atoms with Crippen molar-refractivity contribution in [2.45, 2.75) is 43.7 Å². The first-order chi connectivity index (χ1) is 14.3. The summed E-state index contributed by atoms with van der Waals surface area (Å²) in [7, 11) is 0. The van der Waals surface area contributed by atoms with Gasteiger partial charge in [-0.15, -0.1) is 0 Å². The number of unbranched alkanes of at least 4 members (excludes halogenated alkanes) is 1. The van der Waals surface area contributed by atoms with Crippen molar-refractivity contribution in [3.8, 4) is 11.8 Å². The molecule has 158 valence electrons. The average molecular weight is 436 g/mol. The fourth-order valence-electron chi connectivity index (χ4n) is 3.09. The van der Waals surface area contributed by atoms with Crippen molar-refractivity contribution in [2.24, 2.45) is 4.99 Å². The number of nitrogens with zero attached hydrogens (tertiary/aromatic N) is 2. The van der Waals surface area contributed by atoms with Gasteiger partial charge in [-0.25, -0.2) is 4.39 Å². The number of benzene rings is 2. The first-order valence-electron chi connectivity index (χ1n) is 9.56. The van der Waals surface area contributed by atoms with E-state index in [-0.39, 0.29) is 23.5 Å². The van der Waals surface area contributed by atoms with Crippen LogP contribution in [0, 0.1) is 17.1 Å². The normalized spacial score (nSPS) is 18.7. The van der Waals surface area contributed by atoms with Gasteiger partial charge in [-0.3, -0.25) is 4.99 Å². The Labute approximate surface area is 176 Å². The van der Waals surface area contributed by atoms with Gasteiger partial charge < -0.3 is 4.74 Å². The second-order valence-corrected chi connectivity index (χ2v) is 8.17. The van der Waals surface area contributed by atoms with Crippen LogP contribution < -0.4 is 4.74 Å². The van der Waals surface area contributed by atoms with E-state index in [4.69, 9.17) is 15.0 Å². The molecule has 1 aliphatic heterocycles. The van der Waals surface area contributed by atoms with E-state index in [0.717, 1.165) is 31.4 Å². The summed E-state index contributed by atoms with van der Waals surface area (Å²) in [5, 5.41) is 9.47. The summed E-state index contributed by atoms with van der Waals surface area (Å²) >= 11 is 1.46. The van der Waals surface area contributed by atoms with Crippen LogP contribution in [0.3, 0.4) is 0 Å². The van der Waals surface area contributed by atoms with Crippen LogP contribution in [0.25, 0.3) is 0 Å². The fourth-order valence-corrected chi connectivity index (χ4v) is 4.34. The van der Waals surface area contributed by atoms with E-state index in [1.54, 1.807) is 12.1 Å². The summed E-state index contributed by atoms with van der Waals surface area (Å²) in [6.07, 6.45) is -1.57. The van der Waals surface area contributed by atoms with Crippen LogP contribution in [0.2, 0.25) is 0 Å². The van der Waals surface area contributed by atoms with E-state index in [1.807, 2.05) is 0 Å². The molecule has 0 aromatic heterocycles. The number of nitriles is 1. The van der Waals surface area contributed by atoms with Gasteiger partial charge in [0.05, 0.1) is 27.5 Å². The molecule has 30 heavy (non-hydrogen) atoms. The Morgan fingerprint density at radius 1 is 1.17 bits per heavy atom. The highest BCUT2D eigenvalue weighted by Crippen LogP contribution is 2.35. The van der Waals surface area contributed by atoms with E-state index in [2.05, 4.69) is 6.92 Å². The number of aliphatic imine (C=N–C) groups is 1. The molecule has 0 saturated heterocycles. The molecule has 0 fully saturated rings. The first-order valence-corrected chi connectivity index (χ1v) is 10.4. The van der Waals surface area contributed by atoms with Gasteiger partial charge in [-0.05, 0) is 30.7 Å². The summed E-state index contributed by atoms with van der Waals surface area (Å²) in [6, 6.07) is 10.8. The molecule has 2 unspecified atom stereocenters. The quantitative estimate of drug-likeness (QED) is 0.484. The molecule has 0 bridgehead atoms. The second kappa shape index (κ2) is 9.52. The maximum Gasteiger partial charge on any atom is 0.416 e. The summed E-state index contributed by atoms with van der Waals surface area (Å²) in [6.45, 7) is 2.35. The number of halogens is 4. The Bertz CT molecular complexity index is 951. The Hall–Kier alpha value is -2.53. The van der Waals surface area contributed by atoms with Crippen molar-refractivity contribution in [1.29, 1.82) is 5.26 Å². The van der Waals surface area contributed by atoms with Crippen LogP contribution in [-0.2, 0) is 6.18 Å². The second-order valence-electron chi connectivity index (χ2n) is 6.94. The molecule has 1 heterocycles. The highest BCUT2D eigenvalue weighted by Gasteiger charge is 2.33. The van der Waals surface area contributed by atoms with Gasteiger partial charge in [0.25, 0.3) is 0 Å². The van der Waals surface area contributed by atoms with E-state index in [1.165, 1.54) is 36.0 Å². The Balaban J connectivity index is 1.71. The topological polar surface area (TPSA) is 45.4 Å². The van der Waals surface area contributed by atoms with Gasteiger partial charge in [0, 0.05) is 11.6 Å². The van der Waals surface area contributed by atoms with E-state index in [9.17, 15) is 17.6 Å². The maximum absolute atomic E-state index is 13.8. The number of rotatable bonds is 7. The zero-order valence-corrected chi connectivity index (χ0v) is 17.1. The third-order valence-corrected chi connectivity index (χ3v) is 6.08. The largest absolute Gasteiger partial charge is 0.492 e. The minimum Gasteiger partial charge on any atom is -0.492 e. The van der Waals surface area contributed by atoms with Gasteiger partial charge in [0.15, 0.2) is 0 Å². The van der Waals surface area contributed by atoms with Gasteiger partial charge in [-0.1, -0.05) is 43.7 Å². The zero-order valence-electron chi connectivity index (χ0n) is 16.2. The molecule has 3 rings (SSSR count). The lowest BCUT2D eigenvalue weighted by Crippen LogP contribution is -2.24. The molecule has 1 aliphatic rings. The number of ether oxygens (including phenoxy) is 1. The number of thioether (sulfide) groups is 1. The highest BCUT2D eigenvalue weighted by atomic mass is 32.2. The van der Waals surface area contributed by atoms with E-state index < -0.39 is 17.6 Å². The molecule has 2 atom stereocenters. The Morgan fingerprint density at radius 3 is 2.50 bits per heavy atom. The molecule has 0 N–H and O–H groups in total. The molecule has 8 heteroatoms. The summed E-state index contributed by atoms with van der Waals surface area (Å²) in [5.74, 6) is -0.317. The Kier molecular flexibility index (Phi) is 7.03. The van der Waals surface area contributed by atoms with Gasteiger partial charge in [0.1, 0.15) is 24.2 Å². The standard InChI is InChI=1S/C22H20F4N2OS/c1-2-3-4-19-20(13-29-17-10-7-15(12-27)18(23)11-17)30-21(28-19)14-5-8-16(9-6-14)22(24,25)26/h5-11,19-20H,2-4,13H2,1H3. The third-order valence-electron chi connectivity index (χ3n) is 4.76. The highest BCUT2D eigenvalue weighted by molar-refractivity contribution is 8.15. The molecule has 0 aliphatic carbocycles. The summed E-state index contributed by atoms with van der Waals surface area (Å²) in [4.78, 5) is 4.73. The van der Waals surface area contributed by atoms with Crippen LogP contribution in [0.1, 0.15) is 42.9 Å². The van der Waals surface area contributed by atoms with Crippen molar-refractivity contribution in [1.82, 2.24) is 0 Å². The molecule has 2 aromatic carbocycles. The lowest BCUT2D eigenvalue weighted by atomic mass is 10.1. The fraction of sp³-hybridized carbons (Fsp3) is 0.364. The van der Waals surface area contributed by atoms with Gasteiger partial charge in [-0.2, -0.15) is 18.4 Å². The molecule has 0 spiro atoms. The maximum atomic E-state index is 13.8. The predicted molar refractivity (Wildman–Crippen MR) is 109 cm³/mol. The number of hydrogen-bond donors (Lipinski definition) is 0. The summed E-state index contributed by atoms with van der Waals surface area (Å²) in [5.41, 5.74) is -0.104. The molecule has 2 aromatic rings. The molecular weight excluding hydrogens is 416 g/mol. The molecule has 0 amide bonds. The van der Waals surface area contributed by atoms with Crippen molar-refractivity contribution in [3.63, 3.8) is 0 Å². The minimum absolute atomic E-state index is 0.0320. The monoisotopic (exact) mass is 436 g/mol. The smallest absolute Gasteiger partial charge is 0.416 e. The average Bonchev–Trinajstić information content (AvgIpc) is 3.13. The van der Waals surface area contributed by atoms with E-state index in [0.29, 0.717) is 16.4 Å². The van der Waals surface area contributed by atoms with Crippen LogP contribution in [0.4, 0.5) is 17.6 Å². The zero-order chi connectivity index (χ0) is 21.7. The number of alkyl halides is 3. The minimum atomic E-state index is -4.38. The third kappa shape index (κ3) is 5.33. The van der Waals surface area contributed by atoms with Crippen LogP contribution in [0.5, 0.6) is 5.75 Å². The lowest BCUT2D eigenvalue weighted by Gasteiger charge is -2.17. The first kappa shape index (κ1) is 22.2. The molecular formula is C22H20F4N2OS. The molecule has 0 radical (unpaired) electrons. The van der Waals surface area contributed by atoms with Crippen molar-refractivity contribution < 1.29 is 22.3 Å². The Morgan fingerprint density at radius 2 is 1.90 bits per heavy atom. The van der Waals surface area contributed by atoms with Crippen molar-refractivity contribution >= 4 is 16.8 Å². The van der Waals surface area contributed by atoms with E-state index >= 15 is 0 Å². The van der Waals surface area contributed by atoms with Crippen LogP contribution in [0.15, 0.2) is 47.5 Å². The predicted octanol–water partition coefficient (Wildman–Crippen LogP) is 6.22. The number of hydrogen-bond acceptors (Lipinski definition) is 4. The SMILES string of the molecule is CCCCC1N=C(c2ccc(C(F)(F)F)cc2)SC1COc1ccc(C#N)c(F)c1. The van der Waals surface area contributed by atoms with Crippen LogP contribution >= 0.6 is 11.8 Å². The summed E-state index contributed by atoms with van der Waals surface area (Å²) < 4.78 is 57.9. The van der Waals surface area contributed by atoms with Gasteiger partial charge >= 0.3 is 6.18 Å². The van der Waals surface area contributed by atoms with Crippen LogP contribution in [-0.4, -0.2) is 22.9 Å². The molecule has 0 saturated carbocycles. The molecule has 3 nitrogen and oxygen atoms in total. The lowest BCUT2D eigenvalue weighted by molar-refractivity contribution is -0.137. The van der Waals surface area contributed by atoms with Crippen molar-refractivity contribution in [2.75, 3.05) is 6.61 Å².